The van der Waals surface area contributed by atoms with Gasteiger partial charge in [0.1, 0.15) is 17.9 Å². The minimum atomic E-state index is -0.880. The first-order chi connectivity index (χ1) is 16.8. The van der Waals surface area contributed by atoms with E-state index in [2.05, 4.69) is 10.3 Å². The summed E-state index contributed by atoms with van der Waals surface area (Å²) in [5.74, 6) is -1.54. The van der Waals surface area contributed by atoms with Crippen molar-refractivity contribution in [2.75, 3.05) is 19.7 Å². The molecule has 3 heterocycles. The van der Waals surface area contributed by atoms with Gasteiger partial charge in [-0.25, -0.2) is 14.2 Å². The topological polar surface area (TPSA) is 104 Å². The van der Waals surface area contributed by atoms with Gasteiger partial charge in [0.2, 0.25) is 0 Å². The lowest BCUT2D eigenvalue weighted by Crippen LogP contribution is -2.43. The molecule has 2 fully saturated rings. The second-order valence-electron chi connectivity index (χ2n) is 9.08. The maximum absolute atomic E-state index is 13.8. The zero-order chi connectivity index (χ0) is 24.7. The molecule has 1 aromatic carbocycles. The molecule has 5 rings (SSSR count). The minimum absolute atomic E-state index is 0.0360. The SMILES string of the molecule is CCOC(=O)C1=C(CN2CC3(CC3)C[C@H]2C(=O)O)NC(c2nccs2)=NC1c1ccc(F)cc1Cl. The molecule has 0 bridgehead atoms. The van der Waals surface area contributed by atoms with Gasteiger partial charge in [-0.1, -0.05) is 17.7 Å². The van der Waals surface area contributed by atoms with Crippen LogP contribution in [0.2, 0.25) is 5.02 Å². The molecule has 1 aromatic heterocycles. The Kier molecular flexibility index (Phi) is 6.37. The van der Waals surface area contributed by atoms with Crippen molar-refractivity contribution in [2.24, 2.45) is 10.4 Å². The van der Waals surface area contributed by atoms with Gasteiger partial charge < -0.3 is 15.2 Å². The molecule has 11 heteroatoms. The number of nitrogens with zero attached hydrogens (tertiary/aromatic N) is 3. The molecular weight excluding hydrogens is 495 g/mol. The van der Waals surface area contributed by atoms with Crippen molar-refractivity contribution in [1.29, 1.82) is 0 Å². The highest BCUT2D eigenvalue weighted by Crippen LogP contribution is 2.55. The van der Waals surface area contributed by atoms with Gasteiger partial charge >= 0.3 is 11.9 Å². The van der Waals surface area contributed by atoms with Crippen molar-refractivity contribution in [3.05, 3.63) is 62.5 Å². The molecule has 2 N–H and O–H groups in total. The van der Waals surface area contributed by atoms with E-state index in [-0.39, 0.29) is 29.2 Å². The molecule has 184 valence electrons. The first-order valence-electron chi connectivity index (χ1n) is 11.4. The average molecular weight is 519 g/mol. The summed E-state index contributed by atoms with van der Waals surface area (Å²) in [7, 11) is 0. The highest BCUT2D eigenvalue weighted by Gasteiger charge is 2.54. The van der Waals surface area contributed by atoms with Crippen LogP contribution < -0.4 is 5.32 Å². The van der Waals surface area contributed by atoms with Crippen molar-refractivity contribution >= 4 is 40.7 Å². The molecule has 1 saturated carbocycles. The second kappa shape index (κ2) is 9.33. The maximum atomic E-state index is 13.8. The molecule has 2 atom stereocenters. The van der Waals surface area contributed by atoms with Crippen molar-refractivity contribution in [2.45, 2.75) is 38.3 Å². The predicted molar refractivity (Wildman–Crippen MR) is 129 cm³/mol. The molecule has 1 unspecified atom stereocenters. The number of carbonyl (C=O) groups is 2. The summed E-state index contributed by atoms with van der Waals surface area (Å²) in [6.45, 7) is 2.67. The number of carboxylic acid groups (broad SMARTS) is 1. The fourth-order valence-electron chi connectivity index (χ4n) is 4.86. The average Bonchev–Trinajstić information content (AvgIpc) is 3.19. The van der Waals surface area contributed by atoms with E-state index in [0.717, 1.165) is 12.8 Å². The van der Waals surface area contributed by atoms with Crippen LogP contribution in [0, 0.1) is 11.2 Å². The Balaban J connectivity index is 1.61. The fraction of sp³-hybridized carbons (Fsp3) is 0.417. The first kappa shape index (κ1) is 23.9. The maximum Gasteiger partial charge on any atom is 0.338 e. The van der Waals surface area contributed by atoms with E-state index in [9.17, 15) is 19.1 Å². The van der Waals surface area contributed by atoms with Gasteiger partial charge in [-0.15, -0.1) is 11.3 Å². The van der Waals surface area contributed by atoms with Crippen LogP contribution in [0.25, 0.3) is 0 Å². The smallest absolute Gasteiger partial charge is 0.338 e. The summed E-state index contributed by atoms with van der Waals surface area (Å²) < 4.78 is 19.2. The quantitative estimate of drug-likeness (QED) is 0.537. The number of halogens is 2. The standard InChI is InChI=1S/C24H24ClFN4O4S/c1-2-34-23(33)18-16(11-30-12-24(5-6-24)10-17(30)22(31)32)28-20(21-27-7-8-35-21)29-19(18)14-4-3-13(26)9-15(14)25/h3-4,7-9,17,19H,2,5-6,10-12H2,1H3,(H,28,29)(H,31,32)/t17-,19?/m0/s1. The van der Waals surface area contributed by atoms with E-state index >= 15 is 0 Å². The zero-order valence-corrected chi connectivity index (χ0v) is 20.5. The molecule has 8 nitrogen and oxygen atoms in total. The third-order valence-corrected chi connectivity index (χ3v) is 7.83. The van der Waals surface area contributed by atoms with Crippen LogP contribution in [-0.2, 0) is 14.3 Å². The number of carbonyl (C=O) groups excluding carboxylic acids is 1. The van der Waals surface area contributed by atoms with Gasteiger partial charge in [-0.05, 0) is 43.7 Å². The van der Waals surface area contributed by atoms with Crippen LogP contribution in [0.5, 0.6) is 0 Å². The van der Waals surface area contributed by atoms with Crippen LogP contribution >= 0.6 is 22.9 Å². The van der Waals surface area contributed by atoms with Crippen LogP contribution in [0.1, 0.15) is 42.8 Å². The second-order valence-corrected chi connectivity index (χ2v) is 10.4. The van der Waals surface area contributed by atoms with E-state index in [1.807, 2.05) is 4.90 Å². The molecule has 1 aliphatic carbocycles. The van der Waals surface area contributed by atoms with E-state index in [1.54, 1.807) is 18.5 Å². The molecule has 2 aliphatic heterocycles. The lowest BCUT2D eigenvalue weighted by molar-refractivity contribution is -0.142. The van der Waals surface area contributed by atoms with Crippen molar-refractivity contribution in [1.82, 2.24) is 15.2 Å². The normalized spacial score (nSPS) is 23.2. The van der Waals surface area contributed by atoms with Gasteiger partial charge in [-0.2, -0.15) is 0 Å². The monoisotopic (exact) mass is 518 g/mol. The number of hydrogen-bond donors (Lipinski definition) is 2. The number of aliphatic imine (C=N–C) groups is 1. The third-order valence-electron chi connectivity index (χ3n) is 6.72. The Labute approximate surface area is 210 Å². The Morgan fingerprint density at radius 3 is 2.83 bits per heavy atom. The molecular formula is C24H24ClFN4O4S. The van der Waals surface area contributed by atoms with Gasteiger partial charge in [0, 0.05) is 40.9 Å². The minimum Gasteiger partial charge on any atom is -0.480 e. The molecule has 2 aromatic rings. The molecule has 0 radical (unpaired) electrons. The summed E-state index contributed by atoms with van der Waals surface area (Å²) in [6, 6.07) is 2.42. The number of amidine groups is 1. The molecule has 1 saturated heterocycles. The summed E-state index contributed by atoms with van der Waals surface area (Å²) >= 11 is 7.77. The number of aromatic nitrogens is 1. The lowest BCUT2D eigenvalue weighted by Gasteiger charge is -2.30. The van der Waals surface area contributed by atoms with Crippen LogP contribution in [0.4, 0.5) is 4.39 Å². The van der Waals surface area contributed by atoms with Gasteiger partial charge in [-0.3, -0.25) is 14.7 Å². The number of carboxylic acids is 1. The molecule has 1 spiro atoms. The number of aliphatic carboxylic acids is 1. The fourth-order valence-corrected chi connectivity index (χ4v) is 5.72. The number of rotatable bonds is 7. The Hall–Kier alpha value is -2.82. The predicted octanol–water partition coefficient (Wildman–Crippen LogP) is 3.78. The Bertz CT molecular complexity index is 1230. The number of esters is 1. The van der Waals surface area contributed by atoms with Gasteiger partial charge in [0.15, 0.2) is 10.8 Å². The first-order valence-corrected chi connectivity index (χ1v) is 12.6. The molecule has 0 amide bonds. The van der Waals surface area contributed by atoms with Crippen LogP contribution in [0.3, 0.4) is 0 Å². The number of nitrogens with one attached hydrogen (secondary N) is 1. The van der Waals surface area contributed by atoms with Crippen LogP contribution in [-0.4, -0.2) is 58.5 Å². The van der Waals surface area contributed by atoms with E-state index in [4.69, 9.17) is 21.3 Å². The van der Waals surface area contributed by atoms with Crippen molar-refractivity contribution in [3.8, 4) is 0 Å². The van der Waals surface area contributed by atoms with Gasteiger partial charge in [0.05, 0.1) is 12.2 Å². The zero-order valence-electron chi connectivity index (χ0n) is 19.0. The largest absolute Gasteiger partial charge is 0.480 e. The summed E-state index contributed by atoms with van der Waals surface area (Å²) in [6.07, 6.45) is 4.24. The number of likely N-dealkylation sites (tertiary alicyclic amines) is 1. The molecule has 35 heavy (non-hydrogen) atoms. The Morgan fingerprint density at radius 2 is 2.20 bits per heavy atom. The number of thiazole rings is 1. The third kappa shape index (κ3) is 4.70. The van der Waals surface area contributed by atoms with Crippen molar-refractivity contribution in [3.63, 3.8) is 0 Å². The van der Waals surface area contributed by atoms with Crippen molar-refractivity contribution < 1.29 is 23.8 Å². The number of benzene rings is 1. The number of ether oxygens (including phenoxy) is 1. The summed E-state index contributed by atoms with van der Waals surface area (Å²) in [5, 5.41) is 15.6. The highest BCUT2D eigenvalue weighted by atomic mass is 35.5. The number of hydrogen-bond acceptors (Lipinski definition) is 8. The summed E-state index contributed by atoms with van der Waals surface area (Å²) in [4.78, 5) is 36.3. The summed E-state index contributed by atoms with van der Waals surface area (Å²) in [5.41, 5.74) is 1.19. The highest BCUT2D eigenvalue weighted by molar-refractivity contribution is 7.11. The van der Waals surface area contributed by atoms with E-state index < -0.39 is 29.8 Å². The lowest BCUT2D eigenvalue weighted by atomic mass is 9.95. The van der Waals surface area contributed by atoms with Crippen LogP contribution in [0.15, 0.2) is 46.0 Å². The van der Waals surface area contributed by atoms with E-state index in [1.165, 1.54) is 29.5 Å². The van der Waals surface area contributed by atoms with Gasteiger partial charge in [0.25, 0.3) is 0 Å². The van der Waals surface area contributed by atoms with E-state index in [0.29, 0.717) is 35.1 Å². The molecule has 3 aliphatic rings. The Morgan fingerprint density at radius 1 is 1.40 bits per heavy atom.